The number of nitrogens with zero attached hydrogens (tertiary/aromatic N) is 4. The van der Waals surface area contributed by atoms with Crippen molar-refractivity contribution in [1.29, 1.82) is 0 Å². The fourth-order valence-electron chi connectivity index (χ4n) is 2.77. The molecule has 0 spiro atoms. The van der Waals surface area contributed by atoms with Crippen molar-refractivity contribution in [3.63, 3.8) is 0 Å². The third-order valence-electron chi connectivity index (χ3n) is 4.22. The predicted molar refractivity (Wildman–Crippen MR) is 73.3 cm³/mol. The molecule has 0 amide bonds. The van der Waals surface area contributed by atoms with Gasteiger partial charge in [0, 0.05) is 12.1 Å². The van der Waals surface area contributed by atoms with Gasteiger partial charge in [-0.3, -0.25) is 0 Å². The van der Waals surface area contributed by atoms with Crippen LogP contribution in [0.25, 0.3) is 0 Å². The second-order valence-corrected chi connectivity index (χ2v) is 7.22. The van der Waals surface area contributed by atoms with E-state index in [0.29, 0.717) is 0 Å². The van der Waals surface area contributed by atoms with Gasteiger partial charge in [-0.25, -0.2) is 4.68 Å². The monoisotopic (exact) mass is 263 g/mol. The standard InChI is InChI=1S/C14H25N5/c1-14(2,3)15-8-13-16-17-18-19(13)9-12(10-4-5-10)11-6-7-11/h10-12,15H,4-9H2,1-3H3. The molecule has 5 heteroatoms. The zero-order valence-electron chi connectivity index (χ0n) is 12.3. The topological polar surface area (TPSA) is 55.6 Å². The van der Waals surface area contributed by atoms with E-state index in [2.05, 4.69) is 41.6 Å². The first-order valence-corrected chi connectivity index (χ1v) is 7.53. The maximum atomic E-state index is 4.19. The minimum absolute atomic E-state index is 0.100. The maximum absolute atomic E-state index is 4.19. The molecule has 0 aliphatic heterocycles. The second-order valence-electron chi connectivity index (χ2n) is 7.22. The molecule has 0 radical (unpaired) electrons. The molecule has 5 nitrogen and oxygen atoms in total. The summed E-state index contributed by atoms with van der Waals surface area (Å²) in [7, 11) is 0. The van der Waals surface area contributed by atoms with E-state index in [1.54, 1.807) is 0 Å². The summed E-state index contributed by atoms with van der Waals surface area (Å²) in [4.78, 5) is 0. The van der Waals surface area contributed by atoms with E-state index in [9.17, 15) is 0 Å². The summed E-state index contributed by atoms with van der Waals surface area (Å²) in [6.07, 6.45) is 5.66. The van der Waals surface area contributed by atoms with Crippen molar-refractivity contribution >= 4 is 0 Å². The van der Waals surface area contributed by atoms with Gasteiger partial charge in [-0.2, -0.15) is 0 Å². The summed E-state index contributed by atoms with van der Waals surface area (Å²) in [5, 5.41) is 15.7. The summed E-state index contributed by atoms with van der Waals surface area (Å²) >= 11 is 0. The molecule has 0 aromatic carbocycles. The fraction of sp³-hybridized carbons (Fsp3) is 0.929. The number of nitrogens with one attached hydrogen (secondary N) is 1. The highest BCUT2D eigenvalue weighted by Crippen LogP contribution is 2.49. The first kappa shape index (κ1) is 13.0. The minimum atomic E-state index is 0.100. The van der Waals surface area contributed by atoms with Crippen LogP contribution in [0, 0.1) is 17.8 Å². The molecule has 1 aromatic rings. The van der Waals surface area contributed by atoms with Gasteiger partial charge >= 0.3 is 0 Å². The molecular formula is C14H25N5. The summed E-state index contributed by atoms with van der Waals surface area (Å²) in [5.41, 5.74) is 0.100. The molecule has 2 aliphatic carbocycles. The number of hydrogen-bond donors (Lipinski definition) is 1. The third-order valence-corrected chi connectivity index (χ3v) is 4.22. The van der Waals surface area contributed by atoms with E-state index >= 15 is 0 Å². The van der Waals surface area contributed by atoms with E-state index in [0.717, 1.165) is 36.7 Å². The van der Waals surface area contributed by atoms with Crippen LogP contribution in [0.4, 0.5) is 0 Å². The van der Waals surface area contributed by atoms with Crippen molar-refractivity contribution in [2.75, 3.05) is 0 Å². The lowest BCUT2D eigenvalue weighted by Gasteiger charge is -2.21. The van der Waals surface area contributed by atoms with Crippen LogP contribution >= 0.6 is 0 Å². The largest absolute Gasteiger partial charge is 0.305 e. The van der Waals surface area contributed by atoms with Gasteiger partial charge in [-0.05, 0) is 74.6 Å². The molecular weight excluding hydrogens is 238 g/mol. The lowest BCUT2D eigenvalue weighted by atomic mass is 9.98. The van der Waals surface area contributed by atoms with Crippen LogP contribution < -0.4 is 5.32 Å². The molecule has 106 valence electrons. The quantitative estimate of drug-likeness (QED) is 0.853. The molecule has 1 N–H and O–H groups in total. The third kappa shape index (κ3) is 3.53. The van der Waals surface area contributed by atoms with Crippen LogP contribution in [0.2, 0.25) is 0 Å². The SMILES string of the molecule is CC(C)(C)NCc1nnnn1CC(C1CC1)C1CC1. The van der Waals surface area contributed by atoms with Crippen molar-refractivity contribution in [2.45, 2.75) is 65.1 Å². The van der Waals surface area contributed by atoms with Crippen LogP contribution in [0.3, 0.4) is 0 Å². The summed E-state index contributed by atoms with van der Waals surface area (Å²) in [6, 6.07) is 0. The highest BCUT2D eigenvalue weighted by atomic mass is 15.5. The van der Waals surface area contributed by atoms with Gasteiger partial charge in [0.25, 0.3) is 0 Å². The maximum Gasteiger partial charge on any atom is 0.165 e. The molecule has 0 unspecified atom stereocenters. The molecule has 2 fully saturated rings. The van der Waals surface area contributed by atoms with Crippen molar-refractivity contribution in [1.82, 2.24) is 25.5 Å². The van der Waals surface area contributed by atoms with Crippen LogP contribution in [0.5, 0.6) is 0 Å². The molecule has 0 bridgehead atoms. The number of tetrazole rings is 1. The average Bonchev–Trinajstić information content (AvgIpc) is 3.22. The highest BCUT2D eigenvalue weighted by Gasteiger charge is 2.41. The Bertz CT molecular complexity index is 413. The molecule has 3 rings (SSSR count). The van der Waals surface area contributed by atoms with Gasteiger partial charge in [0.1, 0.15) is 0 Å². The lowest BCUT2D eigenvalue weighted by Crippen LogP contribution is -2.36. The number of hydrogen-bond acceptors (Lipinski definition) is 4. The molecule has 2 saturated carbocycles. The van der Waals surface area contributed by atoms with Gasteiger partial charge in [0.15, 0.2) is 5.82 Å². The summed E-state index contributed by atoms with van der Waals surface area (Å²) < 4.78 is 2.03. The van der Waals surface area contributed by atoms with Crippen LogP contribution in [-0.2, 0) is 13.1 Å². The van der Waals surface area contributed by atoms with Crippen LogP contribution in [-0.4, -0.2) is 25.7 Å². The van der Waals surface area contributed by atoms with Crippen molar-refractivity contribution < 1.29 is 0 Å². The Morgan fingerprint density at radius 2 is 1.84 bits per heavy atom. The van der Waals surface area contributed by atoms with E-state index in [1.165, 1.54) is 25.7 Å². The predicted octanol–water partition coefficient (Wildman–Crippen LogP) is 2.00. The molecule has 2 aliphatic rings. The van der Waals surface area contributed by atoms with Gasteiger partial charge in [-0.1, -0.05) is 0 Å². The molecule has 0 atom stereocenters. The Kier molecular flexibility index (Phi) is 3.33. The van der Waals surface area contributed by atoms with E-state index in [-0.39, 0.29) is 5.54 Å². The van der Waals surface area contributed by atoms with Gasteiger partial charge < -0.3 is 5.32 Å². The molecule has 1 aromatic heterocycles. The number of aromatic nitrogens is 4. The van der Waals surface area contributed by atoms with Crippen LogP contribution in [0.1, 0.15) is 52.3 Å². The van der Waals surface area contributed by atoms with Crippen LogP contribution in [0.15, 0.2) is 0 Å². The van der Waals surface area contributed by atoms with Gasteiger partial charge in [0.05, 0.1) is 6.54 Å². The fourth-order valence-corrected chi connectivity index (χ4v) is 2.77. The van der Waals surface area contributed by atoms with E-state index < -0.39 is 0 Å². The summed E-state index contributed by atoms with van der Waals surface area (Å²) in [6.45, 7) is 8.26. The second kappa shape index (κ2) is 4.85. The first-order valence-electron chi connectivity index (χ1n) is 7.53. The molecule has 0 saturated heterocycles. The van der Waals surface area contributed by atoms with Gasteiger partial charge in [-0.15, -0.1) is 5.10 Å². The molecule has 1 heterocycles. The Hall–Kier alpha value is -0.970. The smallest absolute Gasteiger partial charge is 0.165 e. The molecule has 19 heavy (non-hydrogen) atoms. The van der Waals surface area contributed by atoms with Crippen molar-refractivity contribution in [3.05, 3.63) is 5.82 Å². The summed E-state index contributed by atoms with van der Waals surface area (Å²) in [5.74, 6) is 3.68. The van der Waals surface area contributed by atoms with E-state index in [4.69, 9.17) is 0 Å². The first-order chi connectivity index (χ1) is 9.03. The Morgan fingerprint density at radius 1 is 1.21 bits per heavy atom. The van der Waals surface area contributed by atoms with Crippen molar-refractivity contribution in [3.8, 4) is 0 Å². The van der Waals surface area contributed by atoms with Crippen molar-refractivity contribution in [2.24, 2.45) is 17.8 Å². The Balaban J connectivity index is 1.62. The lowest BCUT2D eigenvalue weighted by molar-refractivity contribution is 0.318. The Morgan fingerprint density at radius 3 is 2.37 bits per heavy atom. The van der Waals surface area contributed by atoms with E-state index in [1.807, 2.05) is 4.68 Å². The highest BCUT2D eigenvalue weighted by molar-refractivity contribution is 4.93. The normalized spacial score (nSPS) is 20.2. The Labute approximate surface area is 115 Å². The zero-order chi connectivity index (χ0) is 13.5. The number of rotatable bonds is 6. The minimum Gasteiger partial charge on any atom is -0.305 e. The zero-order valence-corrected chi connectivity index (χ0v) is 12.3. The average molecular weight is 263 g/mol. The van der Waals surface area contributed by atoms with Gasteiger partial charge in [0.2, 0.25) is 0 Å².